The molecule has 1 aromatic carbocycles. The second-order valence-corrected chi connectivity index (χ2v) is 4.35. The number of nitrogens with one attached hydrogen (secondary N) is 1. The predicted molar refractivity (Wildman–Crippen MR) is 67.1 cm³/mol. The summed E-state index contributed by atoms with van der Waals surface area (Å²) in [5, 5.41) is 7.19. The van der Waals surface area contributed by atoms with Gasteiger partial charge >= 0.3 is 0 Å². The topological polar surface area (TPSA) is 41.3 Å². The van der Waals surface area contributed by atoms with E-state index in [2.05, 4.69) is 46.6 Å². The first-order chi connectivity index (χ1) is 8.34. The van der Waals surface area contributed by atoms with Crippen molar-refractivity contribution in [3.63, 3.8) is 0 Å². The molecule has 1 N–H and O–H groups in total. The predicted octanol–water partition coefficient (Wildman–Crippen LogP) is 2.50. The van der Waals surface area contributed by atoms with Crippen LogP contribution >= 0.6 is 0 Å². The van der Waals surface area contributed by atoms with Crippen molar-refractivity contribution in [2.45, 2.75) is 19.5 Å². The minimum Gasteiger partial charge on any atom is -0.381 e. The van der Waals surface area contributed by atoms with Gasteiger partial charge in [-0.25, -0.2) is 0 Å². The minimum atomic E-state index is 0.440. The number of nitrogens with zero attached hydrogens (tertiary/aromatic N) is 2. The number of para-hydroxylation sites is 2. The summed E-state index contributed by atoms with van der Waals surface area (Å²) >= 11 is 0. The van der Waals surface area contributed by atoms with E-state index in [9.17, 15) is 0 Å². The van der Waals surface area contributed by atoms with Gasteiger partial charge in [0.25, 0.3) is 0 Å². The van der Waals surface area contributed by atoms with Crippen LogP contribution in [0.25, 0.3) is 0 Å². The van der Waals surface area contributed by atoms with Crippen LogP contribution in [0.3, 0.4) is 0 Å². The maximum Gasteiger partial charge on any atom is 0.155 e. The maximum atomic E-state index is 5.19. The first-order valence-electron chi connectivity index (χ1n) is 5.83. The molecule has 1 unspecified atom stereocenters. The number of hydrogen-bond donors (Lipinski definition) is 1. The van der Waals surface area contributed by atoms with Gasteiger partial charge in [0.2, 0.25) is 0 Å². The monoisotopic (exact) mass is 229 g/mol. The highest BCUT2D eigenvalue weighted by Gasteiger charge is 2.23. The Morgan fingerprint density at radius 2 is 2.29 bits per heavy atom. The summed E-state index contributed by atoms with van der Waals surface area (Å²) in [6.45, 7) is 3.92. The lowest BCUT2D eigenvalue weighted by Crippen LogP contribution is -2.41. The summed E-state index contributed by atoms with van der Waals surface area (Å²) in [5.41, 5.74) is 2.41. The van der Waals surface area contributed by atoms with Gasteiger partial charge in [-0.1, -0.05) is 17.3 Å². The molecule has 1 aliphatic rings. The largest absolute Gasteiger partial charge is 0.381 e. The Morgan fingerprint density at radius 1 is 1.41 bits per heavy atom. The van der Waals surface area contributed by atoms with Gasteiger partial charge in [0.05, 0.1) is 24.1 Å². The van der Waals surface area contributed by atoms with Crippen molar-refractivity contribution < 1.29 is 4.52 Å². The molecule has 4 heteroatoms. The average Bonchev–Trinajstić information content (AvgIpc) is 2.86. The average molecular weight is 229 g/mol. The Labute approximate surface area is 100 Å². The third kappa shape index (κ3) is 1.86. The standard InChI is InChI=1S/C13H15N3O/c1-10-8-14-12-4-2-3-5-13(12)16(10)9-11-6-7-15-17-11/h2-7,10,14H,8-9H2,1H3. The molecule has 0 saturated carbocycles. The first kappa shape index (κ1) is 10.2. The first-order valence-corrected chi connectivity index (χ1v) is 5.83. The van der Waals surface area contributed by atoms with Gasteiger partial charge in [0, 0.05) is 18.7 Å². The smallest absolute Gasteiger partial charge is 0.155 e. The van der Waals surface area contributed by atoms with Crippen LogP contribution in [0.5, 0.6) is 0 Å². The molecule has 2 heterocycles. The molecule has 0 bridgehead atoms. The summed E-state index contributed by atoms with van der Waals surface area (Å²) in [5.74, 6) is 0.897. The van der Waals surface area contributed by atoms with Gasteiger partial charge in [0.1, 0.15) is 0 Å². The lowest BCUT2D eigenvalue weighted by Gasteiger charge is -2.37. The quantitative estimate of drug-likeness (QED) is 0.859. The summed E-state index contributed by atoms with van der Waals surface area (Å²) in [6, 6.07) is 10.7. The van der Waals surface area contributed by atoms with Gasteiger partial charge in [-0.05, 0) is 19.1 Å². The van der Waals surface area contributed by atoms with Crippen LogP contribution in [0.2, 0.25) is 0 Å². The van der Waals surface area contributed by atoms with Crippen LogP contribution in [0.15, 0.2) is 41.1 Å². The Hall–Kier alpha value is -1.97. The Kier molecular flexibility index (Phi) is 2.48. The Balaban J connectivity index is 1.92. The molecule has 0 amide bonds. The van der Waals surface area contributed by atoms with Gasteiger partial charge in [0.15, 0.2) is 5.76 Å². The number of benzene rings is 1. The van der Waals surface area contributed by atoms with E-state index in [-0.39, 0.29) is 0 Å². The molecular weight excluding hydrogens is 214 g/mol. The molecule has 0 fully saturated rings. The number of aromatic nitrogens is 1. The molecule has 0 aliphatic carbocycles. The van der Waals surface area contributed by atoms with Gasteiger partial charge in [-0.3, -0.25) is 0 Å². The van der Waals surface area contributed by atoms with E-state index in [4.69, 9.17) is 4.52 Å². The van der Waals surface area contributed by atoms with Crippen molar-refractivity contribution in [1.82, 2.24) is 5.16 Å². The molecule has 1 atom stereocenters. The molecular formula is C13H15N3O. The molecule has 2 aromatic rings. The van der Waals surface area contributed by atoms with E-state index in [0.717, 1.165) is 18.8 Å². The molecule has 3 rings (SSSR count). The molecule has 17 heavy (non-hydrogen) atoms. The summed E-state index contributed by atoms with van der Waals surface area (Å²) in [4.78, 5) is 2.34. The number of hydrogen-bond acceptors (Lipinski definition) is 4. The molecule has 0 spiro atoms. The fourth-order valence-corrected chi connectivity index (χ4v) is 2.21. The zero-order valence-corrected chi connectivity index (χ0v) is 9.76. The van der Waals surface area contributed by atoms with Crippen molar-refractivity contribution in [1.29, 1.82) is 0 Å². The number of fused-ring (bicyclic) bond motifs is 1. The van der Waals surface area contributed by atoms with Crippen LogP contribution in [-0.2, 0) is 6.54 Å². The lowest BCUT2D eigenvalue weighted by atomic mass is 10.1. The van der Waals surface area contributed by atoms with E-state index in [1.54, 1.807) is 6.20 Å². The molecule has 0 saturated heterocycles. The van der Waals surface area contributed by atoms with Crippen molar-refractivity contribution in [3.05, 3.63) is 42.3 Å². The number of rotatable bonds is 2. The highest BCUT2D eigenvalue weighted by atomic mass is 16.5. The second-order valence-electron chi connectivity index (χ2n) is 4.35. The summed E-state index contributed by atoms with van der Waals surface area (Å²) < 4.78 is 5.19. The van der Waals surface area contributed by atoms with Crippen molar-refractivity contribution in [2.75, 3.05) is 16.8 Å². The van der Waals surface area contributed by atoms with Crippen LogP contribution in [0, 0.1) is 0 Å². The summed E-state index contributed by atoms with van der Waals surface area (Å²) in [7, 11) is 0. The summed E-state index contributed by atoms with van der Waals surface area (Å²) in [6.07, 6.45) is 1.69. The Morgan fingerprint density at radius 3 is 3.12 bits per heavy atom. The highest BCUT2D eigenvalue weighted by molar-refractivity contribution is 5.72. The van der Waals surface area contributed by atoms with Gasteiger partial charge in [-0.2, -0.15) is 0 Å². The molecule has 1 aromatic heterocycles. The second kappa shape index (κ2) is 4.13. The van der Waals surface area contributed by atoms with E-state index in [1.165, 1.54) is 11.4 Å². The van der Waals surface area contributed by atoms with Gasteiger partial charge < -0.3 is 14.7 Å². The molecule has 1 aliphatic heterocycles. The minimum absolute atomic E-state index is 0.440. The highest BCUT2D eigenvalue weighted by Crippen LogP contribution is 2.32. The number of anilines is 2. The van der Waals surface area contributed by atoms with E-state index >= 15 is 0 Å². The fraction of sp³-hybridized carbons (Fsp3) is 0.308. The third-order valence-electron chi connectivity index (χ3n) is 3.15. The van der Waals surface area contributed by atoms with Crippen LogP contribution in [-0.4, -0.2) is 17.7 Å². The SMILES string of the molecule is CC1CNc2ccccc2N1Cc1ccno1. The zero-order valence-electron chi connectivity index (χ0n) is 9.76. The third-order valence-corrected chi connectivity index (χ3v) is 3.15. The Bertz CT molecular complexity index is 495. The van der Waals surface area contributed by atoms with E-state index in [0.29, 0.717) is 6.04 Å². The van der Waals surface area contributed by atoms with E-state index in [1.807, 2.05) is 6.07 Å². The van der Waals surface area contributed by atoms with Crippen molar-refractivity contribution in [3.8, 4) is 0 Å². The van der Waals surface area contributed by atoms with Crippen LogP contribution in [0.4, 0.5) is 11.4 Å². The lowest BCUT2D eigenvalue weighted by molar-refractivity contribution is 0.377. The van der Waals surface area contributed by atoms with Crippen molar-refractivity contribution >= 4 is 11.4 Å². The maximum absolute atomic E-state index is 5.19. The molecule has 4 nitrogen and oxygen atoms in total. The zero-order chi connectivity index (χ0) is 11.7. The normalized spacial score (nSPS) is 18.6. The van der Waals surface area contributed by atoms with Crippen LogP contribution < -0.4 is 10.2 Å². The fourth-order valence-electron chi connectivity index (χ4n) is 2.21. The van der Waals surface area contributed by atoms with Gasteiger partial charge in [-0.15, -0.1) is 0 Å². The molecule has 88 valence electrons. The van der Waals surface area contributed by atoms with Crippen molar-refractivity contribution in [2.24, 2.45) is 0 Å². The van der Waals surface area contributed by atoms with Crippen LogP contribution in [0.1, 0.15) is 12.7 Å². The van der Waals surface area contributed by atoms with E-state index < -0.39 is 0 Å². The molecule has 0 radical (unpaired) electrons.